The fraction of sp³-hybridized carbons (Fsp3) is 0.764. The van der Waals surface area contributed by atoms with E-state index in [1.807, 2.05) is 0 Å². The molecule has 3 heterocycles. The van der Waals surface area contributed by atoms with E-state index in [9.17, 15) is 33.7 Å². The number of rotatable bonds is 10. The molecule has 0 unspecified atom stereocenters. The van der Waals surface area contributed by atoms with Crippen LogP contribution < -0.4 is 0 Å². The van der Waals surface area contributed by atoms with E-state index in [1.165, 1.54) is 77.4 Å². The number of tetrazole rings is 3. The van der Waals surface area contributed by atoms with Crippen LogP contribution in [0, 0.1) is 134 Å². The number of hydrogen-bond donors (Lipinski definition) is 3. The number of aliphatic hydroxyl groups is 3. The second-order valence-corrected chi connectivity index (χ2v) is 32.2. The van der Waals surface area contributed by atoms with Crippen LogP contribution in [0.4, 0.5) is 8.78 Å². The first kappa shape index (κ1) is 64.0. The number of ketones is 2. The van der Waals surface area contributed by atoms with Crippen molar-refractivity contribution in [2.24, 2.45) is 111 Å². The van der Waals surface area contributed by atoms with Gasteiger partial charge in [-0.1, -0.05) is 85.6 Å². The van der Waals surface area contributed by atoms with Crippen LogP contribution in [0.1, 0.15) is 188 Å². The minimum absolute atomic E-state index is 0.0731. The van der Waals surface area contributed by atoms with Gasteiger partial charge < -0.3 is 15.3 Å². The number of carbonyl (C=O) groups excluding carboxylic acids is 2. The lowest BCUT2D eigenvalue weighted by atomic mass is 9.51. The molecule has 21 atom stereocenters. The maximum absolute atomic E-state index is 13.4. The van der Waals surface area contributed by atoms with E-state index in [2.05, 4.69) is 115 Å². The van der Waals surface area contributed by atoms with Gasteiger partial charge in [0.15, 0.2) is 30.5 Å². The van der Waals surface area contributed by atoms with Crippen LogP contribution in [0.15, 0.2) is 66.1 Å². The van der Waals surface area contributed by atoms with Gasteiger partial charge in [-0.2, -0.15) is 14.4 Å². The van der Waals surface area contributed by atoms with Gasteiger partial charge >= 0.3 is 0 Å². The Morgan fingerprint density at radius 2 is 0.935 bits per heavy atom. The Morgan fingerprint density at radius 3 is 1.35 bits per heavy atom. The number of fused-ring (bicyclic) bond motifs is 15. The van der Waals surface area contributed by atoms with Gasteiger partial charge in [0.1, 0.15) is 29.9 Å². The Hall–Kier alpha value is -5.34. The lowest BCUT2D eigenvalue weighted by Crippen LogP contribution is -2.49. The summed E-state index contributed by atoms with van der Waals surface area (Å²) in [5.74, 6) is 18.4. The SMILES string of the molecule is C=C(Cn1ncnn1)[C@H]1CC[C@H]2[C@@H]3CC=C4C[C@](O)(C(F)F)CC[C@@H]4[C@H]3CC[C@]12C.C[C@]12CC[C@H]3[C@@H](CC=C4C[C@](O)(C#CC5CC5)CC[C@@H]43)[C@@H]1CC[C@@H]2C(=O)Cn1ncnn1.C[C@]12CC[C@H]3[C@@H](CC=C4C[C@](O)(C#CCl)CC[C@@H]43)[C@@H]1CC[C@@H]2C(=O)Cn1ncnn1. The Morgan fingerprint density at radius 1 is 0.533 bits per heavy atom. The highest BCUT2D eigenvalue weighted by Gasteiger charge is 2.61. The van der Waals surface area contributed by atoms with Crippen molar-refractivity contribution < 1.29 is 33.7 Å². The zero-order chi connectivity index (χ0) is 64.0. The Kier molecular flexibility index (Phi) is 17.4. The van der Waals surface area contributed by atoms with Gasteiger partial charge in [0.05, 0.1) is 6.54 Å². The molecule has 10 saturated carbocycles. The average molecular weight is 1280 g/mol. The summed E-state index contributed by atoms with van der Waals surface area (Å²) in [6.07, 6.45) is 33.8. The van der Waals surface area contributed by atoms with Gasteiger partial charge in [-0.3, -0.25) is 9.59 Å². The fourth-order valence-electron chi connectivity index (χ4n) is 23.2. The normalized spacial score (nSPS) is 42.6. The minimum atomic E-state index is -2.66. The van der Waals surface area contributed by atoms with Crippen molar-refractivity contribution >= 4 is 23.2 Å². The zero-order valence-electron chi connectivity index (χ0n) is 54.2. The molecule has 16 rings (SSSR count). The fourth-order valence-corrected chi connectivity index (χ4v) is 23.3. The van der Waals surface area contributed by atoms with Crippen LogP contribution in [0.3, 0.4) is 0 Å². The standard InChI is InChI=1S/C26H34N4O2.C23H29ClN4O2.C23H32F2N4O/c1-25-11-9-20-19-10-13-26(32,12-8-17-2-3-17)14-18(19)4-5-21(20)22(25)6-7-23(25)24(31)15-30-28-16-27-29-30;1-22-8-6-17-16-7-9-23(30,10-11-24)12-15(16)2-3-18(17)19(22)4-5-20(22)21(29)13-28-26-14-25-27-28;1-14(12-29-27-13-26-28-29)19-5-6-20-18-4-3-15-11-23(30,21(24)25)10-8-16(15)17(18)7-9-22(19,20)2/h4,16-17,19-23,32H,2-3,5-7,9-11,13-15H2,1H3;2,14,16-20,30H,3-9,12-13H2,1H3;3,13,16-21,30H,1,4-12H2,2H3/t19-,20+,21+,22-,23+,25-,26-;16-,17+,18+,19-,20+,22-,23+;16-,17+,18+,19+,20-,22+,23-/m000/s1. The van der Waals surface area contributed by atoms with Gasteiger partial charge in [0, 0.05) is 42.4 Å². The van der Waals surface area contributed by atoms with E-state index in [-0.39, 0.29) is 65.6 Å². The molecule has 20 heteroatoms. The number of Topliss-reactive ketones (excluding diaryl/α,β-unsaturated/α-hetero) is 2. The summed E-state index contributed by atoms with van der Waals surface area (Å²) in [6, 6.07) is 0. The topological polar surface area (TPSA) is 226 Å². The van der Waals surface area contributed by atoms with E-state index < -0.39 is 23.2 Å². The molecule has 3 aromatic heterocycles. The molecule has 0 radical (unpaired) electrons. The third-order valence-corrected chi connectivity index (χ3v) is 27.8. The quantitative estimate of drug-likeness (QED) is 0.127. The van der Waals surface area contributed by atoms with E-state index in [0.717, 1.165) is 108 Å². The lowest BCUT2D eigenvalue weighted by Gasteiger charge is -2.54. The maximum atomic E-state index is 13.4. The van der Waals surface area contributed by atoms with Gasteiger partial charge in [-0.05, 0) is 268 Å². The molecule has 13 aliphatic rings. The van der Waals surface area contributed by atoms with E-state index in [0.29, 0.717) is 109 Å². The number of aromatic nitrogens is 12. The molecular weight excluding hydrogens is 1190 g/mol. The summed E-state index contributed by atoms with van der Waals surface area (Å²) < 4.78 is 26.8. The molecule has 0 amide bonds. The predicted molar refractivity (Wildman–Crippen MR) is 339 cm³/mol. The lowest BCUT2D eigenvalue weighted by molar-refractivity contribution is -0.130. The molecule has 3 aromatic rings. The number of alkyl halides is 2. The highest BCUT2D eigenvalue weighted by atomic mass is 35.5. The zero-order valence-corrected chi connectivity index (χ0v) is 54.9. The number of hydrogen-bond acceptors (Lipinski definition) is 14. The highest BCUT2D eigenvalue weighted by Crippen LogP contribution is 2.68. The molecule has 10 fully saturated rings. The first-order valence-corrected chi connectivity index (χ1v) is 35.6. The van der Waals surface area contributed by atoms with Crippen LogP contribution in [0.25, 0.3) is 0 Å². The molecule has 3 N–H and O–H groups in total. The van der Waals surface area contributed by atoms with Crippen molar-refractivity contribution in [3.05, 3.63) is 66.1 Å². The summed E-state index contributed by atoms with van der Waals surface area (Å²) in [4.78, 5) is 30.7. The van der Waals surface area contributed by atoms with Crippen LogP contribution in [-0.4, -0.2) is 111 Å². The van der Waals surface area contributed by atoms with Crippen LogP contribution >= 0.6 is 11.6 Å². The van der Waals surface area contributed by atoms with Crippen LogP contribution in [-0.2, 0) is 29.2 Å². The minimum Gasteiger partial charge on any atom is -0.384 e. The second-order valence-electron chi connectivity index (χ2n) is 32.1. The van der Waals surface area contributed by atoms with Gasteiger partial charge in [0.25, 0.3) is 6.43 Å². The molecule has 0 bridgehead atoms. The number of carbonyl (C=O) groups is 2. The Bertz CT molecular complexity index is 3460. The number of nitrogens with zero attached hydrogens (tertiary/aromatic N) is 12. The van der Waals surface area contributed by atoms with Crippen molar-refractivity contribution in [2.75, 3.05) is 0 Å². The molecule has 0 aromatic carbocycles. The monoisotopic (exact) mass is 1280 g/mol. The summed E-state index contributed by atoms with van der Waals surface area (Å²) in [6.45, 7) is 12.7. The van der Waals surface area contributed by atoms with Crippen LogP contribution in [0.5, 0.6) is 0 Å². The third-order valence-electron chi connectivity index (χ3n) is 27.7. The van der Waals surface area contributed by atoms with E-state index in [4.69, 9.17) is 11.6 Å². The molecule has 17 nitrogen and oxygen atoms in total. The largest absolute Gasteiger partial charge is 0.384 e. The average Bonchev–Trinajstić information content (AvgIpc) is 1.47. The molecule has 0 saturated heterocycles. The first-order valence-electron chi connectivity index (χ1n) is 35.2. The van der Waals surface area contributed by atoms with Crippen LogP contribution in [0.2, 0.25) is 0 Å². The number of halogens is 3. The van der Waals surface area contributed by atoms with Gasteiger partial charge in [-0.25, -0.2) is 8.78 Å². The Labute approximate surface area is 545 Å². The summed E-state index contributed by atoms with van der Waals surface area (Å²) in [5.41, 5.74) is 1.98. The highest BCUT2D eigenvalue weighted by molar-refractivity contribution is 6.30. The number of allylic oxidation sites excluding steroid dienone is 4. The Balaban J connectivity index is 0.000000120. The molecule has 0 spiro atoms. The van der Waals surface area contributed by atoms with E-state index in [1.54, 1.807) is 4.80 Å². The van der Waals surface area contributed by atoms with E-state index >= 15 is 0 Å². The molecule has 92 heavy (non-hydrogen) atoms. The predicted octanol–water partition coefficient (Wildman–Crippen LogP) is 11.4. The van der Waals surface area contributed by atoms with Gasteiger partial charge in [0.2, 0.25) is 0 Å². The second kappa shape index (κ2) is 25.0. The van der Waals surface area contributed by atoms with Gasteiger partial charge in [-0.15, -0.1) is 30.6 Å². The van der Waals surface area contributed by atoms with Crippen molar-refractivity contribution in [2.45, 2.75) is 231 Å². The third kappa shape index (κ3) is 11.8. The summed E-state index contributed by atoms with van der Waals surface area (Å²) in [7, 11) is 0. The smallest absolute Gasteiger partial charge is 0.267 e. The first-order chi connectivity index (χ1) is 44.2. The van der Waals surface area contributed by atoms with Crippen molar-refractivity contribution in [3.8, 4) is 23.1 Å². The maximum Gasteiger partial charge on any atom is 0.267 e. The summed E-state index contributed by atoms with van der Waals surface area (Å²) >= 11 is 5.59. The molecule has 0 aliphatic heterocycles. The van der Waals surface area contributed by atoms with Crippen molar-refractivity contribution in [1.29, 1.82) is 0 Å². The van der Waals surface area contributed by atoms with Crippen molar-refractivity contribution in [1.82, 2.24) is 60.6 Å². The molecular formula is C72H95ClF2N12O5. The molecule has 494 valence electrons. The molecule has 13 aliphatic carbocycles. The van der Waals surface area contributed by atoms with Crippen molar-refractivity contribution in [3.63, 3.8) is 0 Å². The summed E-state index contributed by atoms with van der Waals surface area (Å²) in [5, 5.41) is 69.9.